The van der Waals surface area contributed by atoms with Crippen molar-refractivity contribution in [1.82, 2.24) is 0 Å². The summed E-state index contributed by atoms with van der Waals surface area (Å²) in [6.07, 6.45) is 5.61. The normalized spacial score (nSPS) is 21.8. The van der Waals surface area contributed by atoms with Gasteiger partial charge in [0.2, 0.25) is 0 Å². The molecule has 0 aliphatic heterocycles. The maximum Gasteiger partial charge on any atom is 0.0739 e. The van der Waals surface area contributed by atoms with Gasteiger partial charge in [-0.1, -0.05) is 17.7 Å². The second-order valence-electron chi connectivity index (χ2n) is 5.19. The van der Waals surface area contributed by atoms with Crippen LogP contribution in [0.4, 0.5) is 11.4 Å². The molecule has 2 nitrogen and oxygen atoms in total. The van der Waals surface area contributed by atoms with Crippen LogP contribution in [0.5, 0.6) is 0 Å². The van der Waals surface area contributed by atoms with E-state index in [9.17, 15) is 0 Å². The molecule has 0 bridgehead atoms. The van der Waals surface area contributed by atoms with Crippen LogP contribution in [-0.4, -0.2) is 6.54 Å². The zero-order chi connectivity index (χ0) is 11.2. The van der Waals surface area contributed by atoms with Crippen molar-refractivity contribution in [3.05, 3.63) is 23.2 Å². The Balaban J connectivity index is 1.68. The Hall–Kier alpha value is -0.890. The molecule has 2 saturated carbocycles. The lowest BCUT2D eigenvalue weighted by atomic mass is 10.0. The quantitative estimate of drug-likeness (QED) is 0.785. The number of nitrogens with one attached hydrogen (secondary N) is 1. The number of hydrogen-bond donors (Lipinski definition) is 2. The second kappa shape index (κ2) is 3.56. The van der Waals surface area contributed by atoms with Gasteiger partial charge >= 0.3 is 0 Å². The Morgan fingerprint density at radius 3 is 2.75 bits per heavy atom. The zero-order valence-corrected chi connectivity index (χ0v) is 10.1. The van der Waals surface area contributed by atoms with E-state index >= 15 is 0 Å². The molecule has 0 spiro atoms. The highest BCUT2D eigenvalue weighted by atomic mass is 35.5. The lowest BCUT2D eigenvalue weighted by Gasteiger charge is -2.17. The number of hydrogen-bond acceptors (Lipinski definition) is 2. The van der Waals surface area contributed by atoms with E-state index in [2.05, 4.69) is 5.32 Å². The first-order chi connectivity index (χ1) is 7.71. The van der Waals surface area contributed by atoms with Gasteiger partial charge in [-0.2, -0.15) is 0 Å². The SMILES string of the molecule is Nc1c(Cl)cccc1NCC1(C2CC2)CC1. The summed E-state index contributed by atoms with van der Waals surface area (Å²) in [4.78, 5) is 0. The molecule has 2 fully saturated rings. The molecule has 0 amide bonds. The van der Waals surface area contributed by atoms with Gasteiger partial charge in [-0.25, -0.2) is 0 Å². The van der Waals surface area contributed by atoms with E-state index in [1.165, 1.54) is 25.7 Å². The molecule has 2 aliphatic carbocycles. The molecule has 3 N–H and O–H groups in total. The van der Waals surface area contributed by atoms with Crippen molar-refractivity contribution in [1.29, 1.82) is 0 Å². The second-order valence-corrected chi connectivity index (χ2v) is 5.60. The lowest BCUT2D eigenvalue weighted by molar-refractivity contribution is 0.467. The summed E-state index contributed by atoms with van der Waals surface area (Å²) < 4.78 is 0. The fourth-order valence-corrected chi connectivity index (χ4v) is 2.72. The first-order valence-corrected chi connectivity index (χ1v) is 6.37. The van der Waals surface area contributed by atoms with E-state index in [0.717, 1.165) is 18.2 Å². The molecular weight excluding hydrogens is 220 g/mol. The van der Waals surface area contributed by atoms with Crippen molar-refractivity contribution in [2.45, 2.75) is 25.7 Å². The molecule has 3 heteroatoms. The molecular formula is C13H17ClN2. The molecule has 1 aromatic carbocycles. The summed E-state index contributed by atoms with van der Waals surface area (Å²) in [6, 6.07) is 5.78. The number of rotatable bonds is 4. The zero-order valence-electron chi connectivity index (χ0n) is 9.30. The van der Waals surface area contributed by atoms with Crippen molar-refractivity contribution in [2.24, 2.45) is 11.3 Å². The highest BCUT2D eigenvalue weighted by molar-refractivity contribution is 6.33. The van der Waals surface area contributed by atoms with E-state index in [0.29, 0.717) is 16.1 Å². The number of halogens is 1. The van der Waals surface area contributed by atoms with Crippen molar-refractivity contribution in [3.8, 4) is 0 Å². The van der Waals surface area contributed by atoms with Crippen LogP contribution in [0.2, 0.25) is 5.02 Å². The minimum atomic E-state index is 0.592. The number of benzene rings is 1. The van der Waals surface area contributed by atoms with Crippen LogP contribution in [0, 0.1) is 11.3 Å². The Morgan fingerprint density at radius 2 is 2.12 bits per heavy atom. The summed E-state index contributed by atoms with van der Waals surface area (Å²) in [6.45, 7) is 1.06. The van der Waals surface area contributed by atoms with Gasteiger partial charge in [0, 0.05) is 6.54 Å². The number of para-hydroxylation sites is 1. The minimum Gasteiger partial charge on any atom is -0.396 e. The predicted molar refractivity (Wildman–Crippen MR) is 68.7 cm³/mol. The molecule has 0 unspecified atom stereocenters. The molecule has 2 aliphatic rings. The Labute approximate surface area is 101 Å². The summed E-state index contributed by atoms with van der Waals surface area (Å²) in [7, 11) is 0. The summed E-state index contributed by atoms with van der Waals surface area (Å²) >= 11 is 5.99. The van der Waals surface area contributed by atoms with Gasteiger partial charge in [-0.3, -0.25) is 0 Å². The highest BCUT2D eigenvalue weighted by Gasteiger charge is 2.53. The van der Waals surface area contributed by atoms with Crippen molar-refractivity contribution >= 4 is 23.0 Å². The van der Waals surface area contributed by atoms with Gasteiger partial charge in [-0.15, -0.1) is 0 Å². The average Bonchev–Trinajstić information content (AvgIpc) is 3.14. The third kappa shape index (κ3) is 1.75. The topological polar surface area (TPSA) is 38.0 Å². The molecule has 1 aromatic rings. The standard InChI is InChI=1S/C13H17ClN2/c14-10-2-1-3-11(12(10)15)16-8-13(6-7-13)9-4-5-9/h1-3,9,16H,4-8,15H2. The van der Waals surface area contributed by atoms with Crippen LogP contribution >= 0.6 is 11.6 Å². The predicted octanol–water partition coefficient (Wildman–Crippen LogP) is 3.52. The molecule has 0 atom stereocenters. The highest BCUT2D eigenvalue weighted by Crippen LogP contribution is 2.61. The Morgan fingerprint density at radius 1 is 1.38 bits per heavy atom. The fraction of sp³-hybridized carbons (Fsp3) is 0.538. The van der Waals surface area contributed by atoms with E-state index < -0.39 is 0 Å². The molecule has 3 rings (SSSR count). The first-order valence-electron chi connectivity index (χ1n) is 5.99. The lowest BCUT2D eigenvalue weighted by Crippen LogP contribution is -2.18. The van der Waals surface area contributed by atoms with Crippen LogP contribution in [0.25, 0.3) is 0 Å². The number of anilines is 2. The number of nitrogen functional groups attached to an aromatic ring is 1. The average molecular weight is 237 g/mol. The summed E-state index contributed by atoms with van der Waals surface area (Å²) in [5.74, 6) is 0.973. The molecule has 16 heavy (non-hydrogen) atoms. The van der Waals surface area contributed by atoms with Crippen LogP contribution in [0.1, 0.15) is 25.7 Å². The first kappa shape index (κ1) is 10.3. The monoisotopic (exact) mass is 236 g/mol. The Kier molecular flexibility index (Phi) is 2.28. The molecule has 0 saturated heterocycles. The van der Waals surface area contributed by atoms with E-state index in [1.54, 1.807) is 0 Å². The minimum absolute atomic E-state index is 0.592. The van der Waals surface area contributed by atoms with Gasteiger partial charge in [0.25, 0.3) is 0 Å². The summed E-state index contributed by atoms with van der Waals surface area (Å²) in [5, 5.41) is 4.11. The fourth-order valence-electron chi connectivity index (χ4n) is 2.55. The van der Waals surface area contributed by atoms with Crippen LogP contribution in [-0.2, 0) is 0 Å². The van der Waals surface area contributed by atoms with Crippen LogP contribution < -0.4 is 11.1 Å². The van der Waals surface area contributed by atoms with Crippen molar-refractivity contribution in [2.75, 3.05) is 17.6 Å². The van der Waals surface area contributed by atoms with E-state index in [1.807, 2.05) is 18.2 Å². The third-order valence-corrected chi connectivity index (χ3v) is 4.35. The molecule has 86 valence electrons. The van der Waals surface area contributed by atoms with Gasteiger partial charge in [0.15, 0.2) is 0 Å². The maximum absolute atomic E-state index is 5.99. The molecule has 0 radical (unpaired) electrons. The third-order valence-electron chi connectivity index (χ3n) is 4.02. The molecule has 0 heterocycles. The number of nitrogens with two attached hydrogens (primary N) is 1. The molecule has 0 aromatic heterocycles. The van der Waals surface area contributed by atoms with Gasteiger partial charge in [0.05, 0.1) is 16.4 Å². The van der Waals surface area contributed by atoms with Crippen LogP contribution in [0.3, 0.4) is 0 Å². The maximum atomic E-state index is 5.99. The summed E-state index contributed by atoms with van der Waals surface area (Å²) in [5.41, 5.74) is 8.18. The van der Waals surface area contributed by atoms with Gasteiger partial charge in [0.1, 0.15) is 0 Å². The van der Waals surface area contributed by atoms with Crippen molar-refractivity contribution < 1.29 is 0 Å². The van der Waals surface area contributed by atoms with E-state index in [-0.39, 0.29) is 0 Å². The van der Waals surface area contributed by atoms with Crippen LogP contribution in [0.15, 0.2) is 18.2 Å². The van der Waals surface area contributed by atoms with Gasteiger partial charge < -0.3 is 11.1 Å². The van der Waals surface area contributed by atoms with Crippen molar-refractivity contribution in [3.63, 3.8) is 0 Å². The Bertz CT molecular complexity index is 408. The van der Waals surface area contributed by atoms with Gasteiger partial charge in [-0.05, 0) is 49.1 Å². The van der Waals surface area contributed by atoms with E-state index in [4.69, 9.17) is 17.3 Å². The largest absolute Gasteiger partial charge is 0.396 e. The smallest absolute Gasteiger partial charge is 0.0739 e.